The fourth-order valence-corrected chi connectivity index (χ4v) is 2.58. The molecule has 1 aliphatic heterocycles. The number of rotatable bonds is 2. The highest BCUT2D eigenvalue weighted by Crippen LogP contribution is 2.18. The molecule has 0 bridgehead atoms. The topological polar surface area (TPSA) is 29.3 Å². The molecule has 2 nitrogen and oxygen atoms in total. The van der Waals surface area contributed by atoms with Crippen LogP contribution in [0.5, 0.6) is 0 Å². The molecule has 2 N–H and O–H groups in total. The number of nitrogen functional groups attached to an aromatic ring is 1. The second-order valence-corrected chi connectivity index (χ2v) is 5.25. The zero-order valence-electron chi connectivity index (χ0n) is 10.9. The van der Waals surface area contributed by atoms with Gasteiger partial charge >= 0.3 is 0 Å². The van der Waals surface area contributed by atoms with Gasteiger partial charge in [0.25, 0.3) is 0 Å². The predicted octanol–water partition coefficient (Wildman–Crippen LogP) is 3.34. The molecule has 0 saturated carbocycles. The van der Waals surface area contributed by atoms with E-state index in [-0.39, 0.29) is 0 Å². The Morgan fingerprint density at radius 2 is 1.71 bits per heavy atom. The molecule has 2 rings (SSSR count). The summed E-state index contributed by atoms with van der Waals surface area (Å²) in [5, 5.41) is 0. The molecule has 2 heteroatoms. The average Bonchev–Trinajstić information content (AvgIpc) is 2.27. The zero-order valence-corrected chi connectivity index (χ0v) is 10.9. The zero-order chi connectivity index (χ0) is 12.1. The van der Waals surface area contributed by atoms with Crippen LogP contribution >= 0.6 is 0 Å². The van der Waals surface area contributed by atoms with Gasteiger partial charge in [-0.3, -0.25) is 4.90 Å². The largest absolute Gasteiger partial charge is 0.398 e. The van der Waals surface area contributed by atoms with Crippen LogP contribution in [-0.4, -0.2) is 18.0 Å². The van der Waals surface area contributed by atoms with Gasteiger partial charge in [0, 0.05) is 12.2 Å². The maximum absolute atomic E-state index is 6.05. The van der Waals surface area contributed by atoms with E-state index in [1.165, 1.54) is 56.3 Å². The maximum Gasteiger partial charge on any atom is 0.0359 e. The highest BCUT2D eigenvalue weighted by atomic mass is 15.1. The number of hydrogen-bond donors (Lipinski definition) is 1. The Labute approximate surface area is 105 Å². The molecule has 1 heterocycles. The summed E-state index contributed by atoms with van der Waals surface area (Å²) < 4.78 is 0. The van der Waals surface area contributed by atoms with Crippen LogP contribution in [-0.2, 0) is 6.54 Å². The fourth-order valence-electron chi connectivity index (χ4n) is 2.58. The first-order valence-corrected chi connectivity index (χ1v) is 6.83. The van der Waals surface area contributed by atoms with E-state index in [9.17, 15) is 0 Å². The number of anilines is 1. The molecule has 1 aliphatic rings. The smallest absolute Gasteiger partial charge is 0.0359 e. The van der Waals surface area contributed by atoms with E-state index in [0.717, 1.165) is 12.2 Å². The van der Waals surface area contributed by atoms with Crippen molar-refractivity contribution in [3.05, 3.63) is 29.3 Å². The lowest BCUT2D eigenvalue weighted by molar-refractivity contribution is 0.240. The standard InChI is InChI=1S/C15H24N2/c1-13-7-8-15(16)14(11-13)12-17-9-5-3-2-4-6-10-17/h7-8,11H,2-6,9-10,12,16H2,1H3. The van der Waals surface area contributed by atoms with Crippen molar-refractivity contribution in [3.8, 4) is 0 Å². The van der Waals surface area contributed by atoms with E-state index in [2.05, 4.69) is 24.0 Å². The lowest BCUT2D eigenvalue weighted by atomic mass is 10.1. The lowest BCUT2D eigenvalue weighted by Gasteiger charge is -2.25. The van der Waals surface area contributed by atoms with E-state index >= 15 is 0 Å². The summed E-state index contributed by atoms with van der Waals surface area (Å²) in [5.41, 5.74) is 9.60. The number of hydrogen-bond acceptors (Lipinski definition) is 2. The summed E-state index contributed by atoms with van der Waals surface area (Å²) in [6, 6.07) is 6.36. The summed E-state index contributed by atoms with van der Waals surface area (Å²) in [6.07, 6.45) is 6.87. The van der Waals surface area contributed by atoms with Crippen LogP contribution in [0.25, 0.3) is 0 Å². The highest BCUT2D eigenvalue weighted by molar-refractivity contribution is 5.48. The van der Waals surface area contributed by atoms with Gasteiger partial charge < -0.3 is 5.73 Å². The molecule has 94 valence electrons. The lowest BCUT2D eigenvalue weighted by Crippen LogP contribution is -2.27. The summed E-state index contributed by atoms with van der Waals surface area (Å²) in [5.74, 6) is 0. The first kappa shape index (κ1) is 12.4. The van der Waals surface area contributed by atoms with Crippen molar-refractivity contribution in [1.29, 1.82) is 0 Å². The number of aryl methyl sites for hydroxylation is 1. The Morgan fingerprint density at radius 1 is 1.06 bits per heavy atom. The average molecular weight is 232 g/mol. The van der Waals surface area contributed by atoms with Gasteiger partial charge in [-0.15, -0.1) is 0 Å². The second-order valence-electron chi connectivity index (χ2n) is 5.25. The van der Waals surface area contributed by atoms with Crippen molar-refractivity contribution in [1.82, 2.24) is 4.90 Å². The Kier molecular flexibility index (Phi) is 4.43. The summed E-state index contributed by atoms with van der Waals surface area (Å²) >= 11 is 0. The second kappa shape index (κ2) is 6.06. The van der Waals surface area contributed by atoms with Gasteiger partial charge in [0.05, 0.1) is 0 Å². The Hall–Kier alpha value is -1.02. The maximum atomic E-state index is 6.05. The number of benzene rings is 1. The number of likely N-dealkylation sites (tertiary alicyclic amines) is 1. The van der Waals surface area contributed by atoms with Gasteiger partial charge in [-0.1, -0.05) is 37.0 Å². The summed E-state index contributed by atoms with van der Waals surface area (Å²) in [4.78, 5) is 2.56. The monoisotopic (exact) mass is 232 g/mol. The van der Waals surface area contributed by atoms with E-state index in [4.69, 9.17) is 5.73 Å². The molecule has 0 aromatic heterocycles. The Bertz CT molecular complexity index is 352. The Balaban J connectivity index is 2.00. The molecule has 1 fully saturated rings. The van der Waals surface area contributed by atoms with Crippen molar-refractivity contribution in [2.24, 2.45) is 0 Å². The van der Waals surface area contributed by atoms with E-state index in [1.54, 1.807) is 0 Å². The quantitative estimate of drug-likeness (QED) is 0.792. The highest BCUT2D eigenvalue weighted by Gasteiger charge is 2.10. The molecule has 0 spiro atoms. The van der Waals surface area contributed by atoms with Crippen LogP contribution in [0.15, 0.2) is 18.2 Å². The molecule has 0 atom stereocenters. The van der Waals surface area contributed by atoms with Gasteiger partial charge in [0.15, 0.2) is 0 Å². The third kappa shape index (κ3) is 3.74. The minimum Gasteiger partial charge on any atom is -0.398 e. The van der Waals surface area contributed by atoms with Crippen LogP contribution in [0, 0.1) is 6.92 Å². The fraction of sp³-hybridized carbons (Fsp3) is 0.600. The van der Waals surface area contributed by atoms with Crippen molar-refractivity contribution in [2.75, 3.05) is 18.8 Å². The molecule has 0 unspecified atom stereocenters. The predicted molar refractivity (Wildman–Crippen MR) is 74.0 cm³/mol. The van der Waals surface area contributed by atoms with Crippen molar-refractivity contribution in [2.45, 2.75) is 45.6 Å². The molecular formula is C15H24N2. The molecular weight excluding hydrogens is 208 g/mol. The number of nitrogens with two attached hydrogens (primary N) is 1. The minimum atomic E-state index is 0.942. The SMILES string of the molecule is Cc1ccc(N)c(CN2CCCCCCC2)c1. The molecule has 1 aromatic rings. The van der Waals surface area contributed by atoms with Crippen LogP contribution in [0.4, 0.5) is 5.69 Å². The number of nitrogens with zero attached hydrogens (tertiary/aromatic N) is 1. The normalized spacial score (nSPS) is 18.6. The van der Waals surface area contributed by atoms with Crippen LogP contribution in [0.2, 0.25) is 0 Å². The van der Waals surface area contributed by atoms with Gasteiger partial charge in [-0.2, -0.15) is 0 Å². The molecule has 1 aromatic carbocycles. The minimum absolute atomic E-state index is 0.942. The van der Waals surface area contributed by atoms with Gasteiger partial charge in [-0.05, 0) is 44.5 Å². The van der Waals surface area contributed by atoms with Crippen LogP contribution < -0.4 is 5.73 Å². The van der Waals surface area contributed by atoms with Crippen LogP contribution in [0.1, 0.15) is 43.2 Å². The third-order valence-corrected chi connectivity index (χ3v) is 3.64. The summed E-state index contributed by atoms with van der Waals surface area (Å²) in [7, 11) is 0. The van der Waals surface area contributed by atoms with E-state index in [0.29, 0.717) is 0 Å². The summed E-state index contributed by atoms with van der Waals surface area (Å²) in [6.45, 7) is 5.62. The Morgan fingerprint density at radius 3 is 2.41 bits per heavy atom. The van der Waals surface area contributed by atoms with Gasteiger partial charge in [0.1, 0.15) is 0 Å². The van der Waals surface area contributed by atoms with Crippen molar-refractivity contribution < 1.29 is 0 Å². The molecule has 0 aliphatic carbocycles. The van der Waals surface area contributed by atoms with Crippen molar-refractivity contribution in [3.63, 3.8) is 0 Å². The molecule has 0 amide bonds. The van der Waals surface area contributed by atoms with E-state index in [1.807, 2.05) is 6.07 Å². The molecule has 1 saturated heterocycles. The first-order valence-electron chi connectivity index (χ1n) is 6.83. The third-order valence-electron chi connectivity index (χ3n) is 3.64. The van der Waals surface area contributed by atoms with Gasteiger partial charge in [-0.25, -0.2) is 0 Å². The first-order chi connectivity index (χ1) is 8.25. The van der Waals surface area contributed by atoms with E-state index < -0.39 is 0 Å². The van der Waals surface area contributed by atoms with Gasteiger partial charge in [0.2, 0.25) is 0 Å². The van der Waals surface area contributed by atoms with Crippen LogP contribution in [0.3, 0.4) is 0 Å². The molecule has 0 radical (unpaired) electrons. The van der Waals surface area contributed by atoms with Crippen molar-refractivity contribution >= 4 is 5.69 Å². The molecule has 17 heavy (non-hydrogen) atoms.